The van der Waals surface area contributed by atoms with E-state index in [4.69, 9.17) is 5.11 Å². The molecule has 4 heteroatoms. The summed E-state index contributed by atoms with van der Waals surface area (Å²) in [5.74, 6) is 0. The van der Waals surface area contributed by atoms with Crippen molar-refractivity contribution in [3.63, 3.8) is 0 Å². The SMILES string of the molecule is C[Si](C)(C)CC(CO)=C(F)F. The highest BCUT2D eigenvalue weighted by Gasteiger charge is 2.18. The van der Waals surface area contributed by atoms with Crippen LogP contribution in [0.4, 0.5) is 8.78 Å². The van der Waals surface area contributed by atoms with E-state index in [0.29, 0.717) is 6.04 Å². The van der Waals surface area contributed by atoms with E-state index in [-0.39, 0.29) is 5.57 Å². The second-order valence-electron chi connectivity index (χ2n) is 3.76. The molecule has 0 radical (unpaired) electrons. The van der Waals surface area contributed by atoms with Gasteiger partial charge in [0.05, 0.1) is 6.61 Å². The predicted octanol–water partition coefficient (Wildman–Crippen LogP) is 2.47. The van der Waals surface area contributed by atoms with Crippen molar-refractivity contribution in [1.29, 1.82) is 0 Å². The first-order valence-electron chi connectivity index (χ1n) is 3.50. The van der Waals surface area contributed by atoms with Crippen LogP contribution >= 0.6 is 0 Å². The lowest BCUT2D eigenvalue weighted by Gasteiger charge is -2.15. The Balaban J connectivity index is 4.23. The molecule has 0 fully saturated rings. The van der Waals surface area contributed by atoms with Gasteiger partial charge in [0.15, 0.2) is 0 Å². The fourth-order valence-corrected chi connectivity index (χ4v) is 2.35. The van der Waals surface area contributed by atoms with Gasteiger partial charge in [0.2, 0.25) is 0 Å². The molecule has 0 aromatic rings. The summed E-state index contributed by atoms with van der Waals surface area (Å²) in [5.41, 5.74) is -0.0934. The van der Waals surface area contributed by atoms with Gasteiger partial charge in [-0.05, 0) is 6.04 Å². The highest BCUT2D eigenvalue weighted by Crippen LogP contribution is 2.20. The van der Waals surface area contributed by atoms with Gasteiger partial charge in [-0.2, -0.15) is 8.78 Å². The van der Waals surface area contributed by atoms with E-state index in [1.807, 2.05) is 19.6 Å². The maximum Gasteiger partial charge on any atom is 0.271 e. The van der Waals surface area contributed by atoms with E-state index >= 15 is 0 Å². The third kappa shape index (κ3) is 5.09. The Morgan fingerprint density at radius 1 is 1.27 bits per heavy atom. The first-order chi connectivity index (χ1) is 4.87. The lowest BCUT2D eigenvalue weighted by molar-refractivity contribution is 0.311. The van der Waals surface area contributed by atoms with E-state index in [2.05, 4.69) is 0 Å². The van der Waals surface area contributed by atoms with E-state index in [9.17, 15) is 8.78 Å². The number of rotatable bonds is 3. The number of hydrogen-bond acceptors (Lipinski definition) is 1. The molecule has 0 bridgehead atoms. The molecule has 0 heterocycles. The van der Waals surface area contributed by atoms with Crippen LogP contribution in [0, 0.1) is 0 Å². The van der Waals surface area contributed by atoms with E-state index < -0.39 is 20.8 Å². The monoisotopic (exact) mass is 180 g/mol. The quantitative estimate of drug-likeness (QED) is 0.661. The molecular formula is C7H14F2OSi. The van der Waals surface area contributed by atoms with Crippen molar-refractivity contribution in [1.82, 2.24) is 0 Å². The van der Waals surface area contributed by atoms with Crippen LogP contribution in [-0.2, 0) is 0 Å². The fourth-order valence-electron chi connectivity index (χ4n) is 0.823. The van der Waals surface area contributed by atoms with Gasteiger partial charge in [-0.1, -0.05) is 19.6 Å². The molecule has 1 nitrogen and oxygen atoms in total. The van der Waals surface area contributed by atoms with Crippen LogP contribution < -0.4 is 0 Å². The smallest absolute Gasteiger partial charge is 0.271 e. The number of halogens is 2. The van der Waals surface area contributed by atoms with E-state index in [1.165, 1.54) is 0 Å². The minimum absolute atomic E-state index is 0.0934. The van der Waals surface area contributed by atoms with Gasteiger partial charge in [-0.15, -0.1) is 0 Å². The van der Waals surface area contributed by atoms with Crippen LogP contribution in [0.3, 0.4) is 0 Å². The number of aliphatic hydroxyl groups excluding tert-OH is 1. The van der Waals surface area contributed by atoms with Gasteiger partial charge in [0.25, 0.3) is 6.08 Å². The van der Waals surface area contributed by atoms with Crippen molar-refractivity contribution >= 4 is 8.07 Å². The summed E-state index contributed by atoms with van der Waals surface area (Å²) < 4.78 is 23.9. The van der Waals surface area contributed by atoms with Crippen molar-refractivity contribution in [2.75, 3.05) is 6.61 Å². The Kier molecular flexibility index (Phi) is 3.89. The second-order valence-corrected chi connectivity index (χ2v) is 9.23. The molecule has 0 unspecified atom stereocenters. The van der Waals surface area contributed by atoms with Crippen LogP contribution in [0.5, 0.6) is 0 Å². The van der Waals surface area contributed by atoms with Gasteiger partial charge >= 0.3 is 0 Å². The molecule has 1 N–H and O–H groups in total. The largest absolute Gasteiger partial charge is 0.392 e. The molecule has 66 valence electrons. The Labute approximate surface area is 66.7 Å². The van der Waals surface area contributed by atoms with Crippen molar-refractivity contribution < 1.29 is 13.9 Å². The summed E-state index contributed by atoms with van der Waals surface area (Å²) >= 11 is 0. The maximum absolute atomic E-state index is 12.0. The zero-order valence-corrected chi connectivity index (χ0v) is 8.12. The lowest BCUT2D eigenvalue weighted by atomic mass is 10.4. The minimum atomic E-state index is -1.71. The highest BCUT2D eigenvalue weighted by molar-refractivity contribution is 6.76. The van der Waals surface area contributed by atoms with Gasteiger partial charge in [-0.25, -0.2) is 0 Å². The Hall–Kier alpha value is -0.223. The van der Waals surface area contributed by atoms with Gasteiger partial charge in [-0.3, -0.25) is 0 Å². The van der Waals surface area contributed by atoms with Gasteiger partial charge in [0.1, 0.15) is 0 Å². The molecule has 0 aromatic carbocycles. The zero-order valence-electron chi connectivity index (χ0n) is 7.12. The molecule has 0 saturated heterocycles. The molecule has 11 heavy (non-hydrogen) atoms. The average molecular weight is 180 g/mol. The lowest BCUT2D eigenvalue weighted by Crippen LogP contribution is -2.21. The first-order valence-corrected chi connectivity index (χ1v) is 7.21. The van der Waals surface area contributed by atoms with Crippen molar-refractivity contribution in [2.45, 2.75) is 25.7 Å². The van der Waals surface area contributed by atoms with E-state index in [1.54, 1.807) is 0 Å². The topological polar surface area (TPSA) is 20.2 Å². The molecular weight excluding hydrogens is 166 g/mol. The maximum atomic E-state index is 12.0. The van der Waals surface area contributed by atoms with Gasteiger partial charge in [0, 0.05) is 13.6 Å². The molecule has 0 spiro atoms. The van der Waals surface area contributed by atoms with E-state index in [0.717, 1.165) is 0 Å². The minimum Gasteiger partial charge on any atom is -0.392 e. The fraction of sp³-hybridized carbons (Fsp3) is 0.714. The van der Waals surface area contributed by atoms with Crippen LogP contribution in [0.15, 0.2) is 11.7 Å². The molecule has 0 aliphatic rings. The molecule has 0 atom stereocenters. The van der Waals surface area contributed by atoms with Crippen molar-refractivity contribution in [3.05, 3.63) is 11.7 Å². The third-order valence-corrected chi connectivity index (χ3v) is 2.69. The predicted molar refractivity (Wildman–Crippen MR) is 44.5 cm³/mol. The Bertz CT molecular complexity index is 156. The van der Waals surface area contributed by atoms with Crippen LogP contribution in [-0.4, -0.2) is 19.8 Å². The number of aliphatic hydroxyl groups is 1. The zero-order chi connectivity index (χ0) is 9.07. The highest BCUT2D eigenvalue weighted by atomic mass is 28.3. The Morgan fingerprint density at radius 2 is 1.73 bits per heavy atom. The summed E-state index contributed by atoms with van der Waals surface area (Å²) in [4.78, 5) is 0. The molecule has 0 aromatic heterocycles. The standard InChI is InChI=1S/C7H14F2OSi/c1-11(2,3)5-6(4-10)7(8)9/h10H,4-5H2,1-3H3. The summed E-state index contributed by atoms with van der Waals surface area (Å²) in [5, 5.41) is 8.54. The molecule has 0 aliphatic heterocycles. The van der Waals surface area contributed by atoms with Crippen LogP contribution in [0.2, 0.25) is 25.7 Å². The normalized spacial score (nSPS) is 11.5. The summed E-state index contributed by atoms with van der Waals surface area (Å²) in [6, 6.07) is 0.381. The molecule has 0 aliphatic carbocycles. The first kappa shape index (κ1) is 10.8. The van der Waals surface area contributed by atoms with Gasteiger partial charge < -0.3 is 5.11 Å². The van der Waals surface area contributed by atoms with Crippen molar-refractivity contribution in [2.24, 2.45) is 0 Å². The summed E-state index contributed by atoms with van der Waals surface area (Å²) in [6.07, 6.45) is -1.71. The van der Waals surface area contributed by atoms with Crippen LogP contribution in [0.1, 0.15) is 0 Å². The molecule has 0 saturated carbocycles. The van der Waals surface area contributed by atoms with Crippen LogP contribution in [0.25, 0.3) is 0 Å². The van der Waals surface area contributed by atoms with Crippen molar-refractivity contribution in [3.8, 4) is 0 Å². The Morgan fingerprint density at radius 3 is 1.82 bits per heavy atom. The third-order valence-electron chi connectivity index (χ3n) is 1.20. The average Bonchev–Trinajstić information content (AvgIpc) is 1.80. The molecule has 0 amide bonds. The second kappa shape index (κ2) is 3.97. The molecule has 0 rings (SSSR count). The number of hydrogen-bond donors (Lipinski definition) is 1. The summed E-state index contributed by atoms with van der Waals surface area (Å²) in [6.45, 7) is 5.47. The summed E-state index contributed by atoms with van der Waals surface area (Å²) in [7, 11) is -1.50.